The molecule has 1 aromatic carbocycles. The first-order chi connectivity index (χ1) is 8.79. The standard InChI is InChI=1S/C13H14ClN3O/c1-2-18-13-4-3-10(14)7-12(13)17-9-11-8-15-5-6-16-11/h3-8,17H,2,9H2,1H3. The number of benzene rings is 1. The Hall–Kier alpha value is -1.81. The molecule has 4 nitrogen and oxygen atoms in total. The van der Waals surface area contributed by atoms with Crippen LogP contribution in [-0.2, 0) is 6.54 Å². The van der Waals surface area contributed by atoms with Crippen molar-refractivity contribution < 1.29 is 4.74 Å². The first kappa shape index (κ1) is 12.6. The molecule has 1 heterocycles. The van der Waals surface area contributed by atoms with Gasteiger partial charge in [-0.15, -0.1) is 0 Å². The van der Waals surface area contributed by atoms with E-state index >= 15 is 0 Å². The van der Waals surface area contributed by atoms with E-state index in [4.69, 9.17) is 16.3 Å². The van der Waals surface area contributed by atoms with E-state index < -0.39 is 0 Å². The highest BCUT2D eigenvalue weighted by Crippen LogP contribution is 2.28. The van der Waals surface area contributed by atoms with Crippen molar-refractivity contribution in [3.63, 3.8) is 0 Å². The van der Waals surface area contributed by atoms with Crippen molar-refractivity contribution >= 4 is 17.3 Å². The summed E-state index contributed by atoms with van der Waals surface area (Å²) in [6.07, 6.45) is 5.03. The average molecular weight is 264 g/mol. The second kappa shape index (κ2) is 6.21. The summed E-state index contributed by atoms with van der Waals surface area (Å²) in [5, 5.41) is 3.91. The summed E-state index contributed by atoms with van der Waals surface area (Å²) >= 11 is 5.98. The molecule has 0 atom stereocenters. The fourth-order valence-corrected chi connectivity index (χ4v) is 1.70. The summed E-state index contributed by atoms with van der Waals surface area (Å²) in [4.78, 5) is 8.21. The zero-order chi connectivity index (χ0) is 12.8. The number of rotatable bonds is 5. The van der Waals surface area contributed by atoms with E-state index in [9.17, 15) is 0 Å². The molecule has 0 amide bonds. The highest BCUT2D eigenvalue weighted by atomic mass is 35.5. The van der Waals surface area contributed by atoms with Crippen LogP contribution in [0.1, 0.15) is 12.6 Å². The third-order valence-corrected chi connectivity index (χ3v) is 2.55. The van der Waals surface area contributed by atoms with Gasteiger partial charge in [0.05, 0.1) is 30.7 Å². The molecule has 0 fully saturated rings. The molecule has 2 aromatic rings. The summed E-state index contributed by atoms with van der Waals surface area (Å²) < 4.78 is 5.52. The Kier molecular flexibility index (Phi) is 4.36. The molecular weight excluding hydrogens is 250 g/mol. The predicted octanol–water partition coefficient (Wildman–Crippen LogP) is 3.14. The zero-order valence-corrected chi connectivity index (χ0v) is 10.8. The third-order valence-electron chi connectivity index (χ3n) is 2.32. The summed E-state index contributed by atoms with van der Waals surface area (Å²) in [5.41, 5.74) is 1.72. The van der Waals surface area contributed by atoms with Gasteiger partial charge in [0.25, 0.3) is 0 Å². The van der Waals surface area contributed by atoms with Crippen LogP contribution in [0.4, 0.5) is 5.69 Å². The van der Waals surface area contributed by atoms with E-state index in [1.54, 1.807) is 24.7 Å². The van der Waals surface area contributed by atoms with Gasteiger partial charge in [0.2, 0.25) is 0 Å². The molecule has 5 heteroatoms. The maximum Gasteiger partial charge on any atom is 0.142 e. The molecule has 0 spiro atoms. The molecule has 2 rings (SSSR count). The van der Waals surface area contributed by atoms with Crippen LogP contribution in [0.3, 0.4) is 0 Å². The number of ether oxygens (including phenoxy) is 1. The lowest BCUT2D eigenvalue weighted by atomic mass is 10.3. The highest BCUT2D eigenvalue weighted by Gasteiger charge is 2.04. The fourth-order valence-electron chi connectivity index (χ4n) is 1.53. The van der Waals surface area contributed by atoms with Gasteiger partial charge in [-0.25, -0.2) is 0 Å². The minimum absolute atomic E-state index is 0.578. The zero-order valence-electron chi connectivity index (χ0n) is 10.1. The number of aromatic nitrogens is 2. The molecule has 0 saturated heterocycles. The summed E-state index contributed by atoms with van der Waals surface area (Å²) in [6.45, 7) is 3.14. The van der Waals surface area contributed by atoms with Gasteiger partial charge in [0.15, 0.2) is 0 Å². The maximum atomic E-state index is 5.98. The van der Waals surface area contributed by atoms with Crippen LogP contribution < -0.4 is 10.1 Å². The molecule has 0 bridgehead atoms. The van der Waals surface area contributed by atoms with Gasteiger partial charge in [0, 0.05) is 17.4 Å². The van der Waals surface area contributed by atoms with Crippen molar-refractivity contribution in [2.24, 2.45) is 0 Å². The van der Waals surface area contributed by atoms with E-state index in [2.05, 4.69) is 15.3 Å². The second-order valence-corrected chi connectivity index (χ2v) is 4.06. The van der Waals surface area contributed by atoms with Gasteiger partial charge in [-0.05, 0) is 25.1 Å². The second-order valence-electron chi connectivity index (χ2n) is 3.62. The molecular formula is C13H14ClN3O. The van der Waals surface area contributed by atoms with Crippen LogP contribution in [0.2, 0.25) is 5.02 Å². The predicted molar refractivity (Wildman–Crippen MR) is 72.0 cm³/mol. The Morgan fingerprint density at radius 2 is 2.22 bits per heavy atom. The minimum atomic E-state index is 0.578. The number of nitrogens with one attached hydrogen (secondary N) is 1. The summed E-state index contributed by atoms with van der Waals surface area (Å²) in [7, 11) is 0. The van der Waals surface area contributed by atoms with E-state index in [1.807, 2.05) is 19.1 Å². The van der Waals surface area contributed by atoms with Gasteiger partial charge >= 0.3 is 0 Å². The molecule has 0 saturated carbocycles. The van der Waals surface area contributed by atoms with Crippen LogP contribution in [0.25, 0.3) is 0 Å². The Balaban J connectivity index is 2.10. The lowest BCUT2D eigenvalue weighted by molar-refractivity contribution is 0.341. The number of hydrogen-bond donors (Lipinski definition) is 1. The SMILES string of the molecule is CCOc1ccc(Cl)cc1NCc1cnccn1. The Morgan fingerprint density at radius 1 is 1.33 bits per heavy atom. The normalized spacial score (nSPS) is 10.1. The molecule has 0 aliphatic carbocycles. The molecule has 1 aromatic heterocycles. The first-order valence-corrected chi connectivity index (χ1v) is 6.08. The van der Waals surface area contributed by atoms with Gasteiger partial charge in [0.1, 0.15) is 5.75 Å². The van der Waals surface area contributed by atoms with E-state index in [1.165, 1.54) is 0 Å². The van der Waals surface area contributed by atoms with Crippen molar-refractivity contribution in [3.05, 3.63) is 47.5 Å². The number of anilines is 1. The van der Waals surface area contributed by atoms with Crippen LogP contribution >= 0.6 is 11.6 Å². The van der Waals surface area contributed by atoms with Crippen LogP contribution in [0.5, 0.6) is 5.75 Å². The van der Waals surface area contributed by atoms with Gasteiger partial charge in [-0.3, -0.25) is 9.97 Å². The topological polar surface area (TPSA) is 47.0 Å². The Bertz CT molecular complexity index is 505. The van der Waals surface area contributed by atoms with Crippen molar-refractivity contribution in [1.82, 2.24) is 9.97 Å². The van der Waals surface area contributed by atoms with E-state index in [-0.39, 0.29) is 0 Å². The van der Waals surface area contributed by atoms with E-state index in [0.717, 1.165) is 17.1 Å². The summed E-state index contributed by atoms with van der Waals surface area (Å²) in [5.74, 6) is 0.783. The van der Waals surface area contributed by atoms with Crippen molar-refractivity contribution in [1.29, 1.82) is 0 Å². The maximum absolute atomic E-state index is 5.98. The van der Waals surface area contributed by atoms with E-state index in [0.29, 0.717) is 18.2 Å². The highest BCUT2D eigenvalue weighted by molar-refractivity contribution is 6.30. The smallest absolute Gasteiger partial charge is 0.142 e. The molecule has 18 heavy (non-hydrogen) atoms. The molecule has 0 aliphatic rings. The molecule has 0 radical (unpaired) electrons. The average Bonchev–Trinajstić information content (AvgIpc) is 2.40. The number of hydrogen-bond acceptors (Lipinski definition) is 4. The van der Waals surface area contributed by atoms with Crippen molar-refractivity contribution in [3.8, 4) is 5.75 Å². The van der Waals surface area contributed by atoms with Crippen LogP contribution in [0.15, 0.2) is 36.8 Å². The lowest BCUT2D eigenvalue weighted by Gasteiger charge is -2.12. The van der Waals surface area contributed by atoms with Crippen molar-refractivity contribution in [2.45, 2.75) is 13.5 Å². The first-order valence-electron chi connectivity index (χ1n) is 5.70. The molecule has 1 N–H and O–H groups in total. The molecule has 0 aliphatic heterocycles. The minimum Gasteiger partial charge on any atom is -0.492 e. The Labute approximate surface area is 111 Å². The fraction of sp³-hybridized carbons (Fsp3) is 0.231. The van der Waals surface area contributed by atoms with Crippen molar-refractivity contribution in [2.75, 3.05) is 11.9 Å². The van der Waals surface area contributed by atoms with Crippen LogP contribution in [0, 0.1) is 0 Å². The lowest BCUT2D eigenvalue weighted by Crippen LogP contribution is -2.04. The van der Waals surface area contributed by atoms with Crippen LogP contribution in [-0.4, -0.2) is 16.6 Å². The third kappa shape index (κ3) is 3.34. The summed E-state index contributed by atoms with van der Waals surface area (Å²) in [6, 6.07) is 5.49. The molecule has 0 unspecified atom stereocenters. The monoisotopic (exact) mass is 263 g/mol. The van der Waals surface area contributed by atoms with Gasteiger partial charge in [-0.1, -0.05) is 11.6 Å². The number of nitrogens with zero attached hydrogens (tertiary/aromatic N) is 2. The largest absolute Gasteiger partial charge is 0.492 e. The molecule has 94 valence electrons. The van der Waals surface area contributed by atoms with Gasteiger partial charge < -0.3 is 10.1 Å². The quantitative estimate of drug-likeness (QED) is 0.900. The van der Waals surface area contributed by atoms with Gasteiger partial charge in [-0.2, -0.15) is 0 Å². The Morgan fingerprint density at radius 3 is 2.94 bits per heavy atom. The number of halogens is 1.